The lowest BCUT2D eigenvalue weighted by Crippen LogP contribution is -2.14. The summed E-state index contributed by atoms with van der Waals surface area (Å²) < 4.78 is 7.29. The van der Waals surface area contributed by atoms with Crippen LogP contribution in [0, 0.1) is 13.8 Å². The highest BCUT2D eigenvalue weighted by molar-refractivity contribution is 6.04. The number of pyridine rings is 1. The molecule has 1 aromatic carbocycles. The van der Waals surface area contributed by atoms with E-state index in [1.54, 1.807) is 13.3 Å². The van der Waals surface area contributed by atoms with Gasteiger partial charge in [0.05, 0.1) is 18.2 Å². The molecular formula is C21H20N6O2. The summed E-state index contributed by atoms with van der Waals surface area (Å²) in [5, 5.41) is 9.70. The van der Waals surface area contributed by atoms with Crippen LogP contribution in [0.2, 0.25) is 0 Å². The molecule has 0 saturated heterocycles. The number of carbonyl (C=O) groups is 1. The minimum atomic E-state index is -0.286. The molecule has 1 amide bonds. The smallest absolute Gasteiger partial charge is 0.259 e. The Kier molecular flexibility index (Phi) is 4.82. The Hall–Kier alpha value is -3.94. The number of benzene rings is 1. The molecule has 0 aliphatic carbocycles. The van der Waals surface area contributed by atoms with Crippen LogP contribution in [0.5, 0.6) is 5.75 Å². The number of aryl methyl sites for hydroxylation is 1. The quantitative estimate of drug-likeness (QED) is 0.545. The van der Waals surface area contributed by atoms with Crippen LogP contribution in [0.1, 0.15) is 21.7 Å². The minimum absolute atomic E-state index is 0.193. The van der Waals surface area contributed by atoms with E-state index < -0.39 is 0 Å². The predicted molar refractivity (Wildman–Crippen MR) is 109 cm³/mol. The Morgan fingerprint density at radius 1 is 1.14 bits per heavy atom. The lowest BCUT2D eigenvalue weighted by Gasteiger charge is -2.08. The number of hydrogen-bond acceptors (Lipinski definition) is 5. The number of ether oxygens (including phenoxy) is 1. The molecule has 0 bridgehead atoms. The maximum Gasteiger partial charge on any atom is 0.259 e. The second kappa shape index (κ2) is 7.59. The molecule has 0 unspecified atom stereocenters. The zero-order valence-electron chi connectivity index (χ0n) is 16.3. The number of amides is 1. The fourth-order valence-corrected chi connectivity index (χ4v) is 3.28. The average molecular weight is 388 g/mol. The monoisotopic (exact) mass is 388 g/mol. The van der Waals surface area contributed by atoms with E-state index in [0.29, 0.717) is 17.1 Å². The van der Waals surface area contributed by atoms with Gasteiger partial charge in [-0.15, -0.1) is 5.10 Å². The third-order valence-corrected chi connectivity index (χ3v) is 4.63. The lowest BCUT2D eigenvalue weighted by atomic mass is 10.2. The number of para-hydroxylation sites is 1. The van der Waals surface area contributed by atoms with Crippen molar-refractivity contribution in [3.63, 3.8) is 0 Å². The lowest BCUT2D eigenvalue weighted by molar-refractivity contribution is 0.102. The number of hydrogen-bond donors (Lipinski definition) is 2. The SMILES string of the molecule is COc1ccccc1-c1nc(NC(=O)c2cc(C)n(-c3ccccn3)c2C)n[nH]1. The van der Waals surface area contributed by atoms with E-state index in [-0.39, 0.29) is 11.9 Å². The average Bonchev–Trinajstić information content (AvgIpc) is 3.32. The molecular weight excluding hydrogens is 368 g/mol. The van der Waals surface area contributed by atoms with Gasteiger partial charge in [0.1, 0.15) is 11.6 Å². The second-order valence-corrected chi connectivity index (χ2v) is 6.47. The van der Waals surface area contributed by atoms with Crippen LogP contribution in [0.3, 0.4) is 0 Å². The van der Waals surface area contributed by atoms with Crippen LogP contribution in [0.4, 0.5) is 5.95 Å². The molecule has 0 aliphatic rings. The summed E-state index contributed by atoms with van der Waals surface area (Å²) in [6.45, 7) is 3.82. The van der Waals surface area contributed by atoms with E-state index >= 15 is 0 Å². The van der Waals surface area contributed by atoms with Crippen LogP contribution in [-0.4, -0.2) is 37.7 Å². The van der Waals surface area contributed by atoms with Crippen molar-refractivity contribution in [2.75, 3.05) is 12.4 Å². The highest BCUT2D eigenvalue weighted by atomic mass is 16.5. The van der Waals surface area contributed by atoms with Gasteiger partial charge < -0.3 is 9.30 Å². The highest BCUT2D eigenvalue weighted by Gasteiger charge is 2.19. The minimum Gasteiger partial charge on any atom is -0.496 e. The van der Waals surface area contributed by atoms with E-state index in [1.165, 1.54) is 0 Å². The van der Waals surface area contributed by atoms with E-state index in [2.05, 4.69) is 25.5 Å². The van der Waals surface area contributed by atoms with Crippen molar-refractivity contribution in [1.82, 2.24) is 24.7 Å². The Morgan fingerprint density at radius 2 is 1.93 bits per heavy atom. The molecule has 8 heteroatoms. The summed E-state index contributed by atoms with van der Waals surface area (Å²) in [5.41, 5.74) is 3.00. The van der Waals surface area contributed by atoms with Gasteiger partial charge >= 0.3 is 0 Å². The molecule has 8 nitrogen and oxygen atoms in total. The van der Waals surface area contributed by atoms with Gasteiger partial charge in [0.25, 0.3) is 5.91 Å². The molecule has 0 fully saturated rings. The van der Waals surface area contributed by atoms with Crippen molar-refractivity contribution >= 4 is 11.9 Å². The van der Waals surface area contributed by atoms with Crippen LogP contribution in [0.15, 0.2) is 54.7 Å². The molecule has 2 N–H and O–H groups in total. The molecule has 0 saturated carbocycles. The summed E-state index contributed by atoms with van der Waals surface area (Å²) in [6.07, 6.45) is 1.72. The number of carbonyl (C=O) groups excluding carboxylic acids is 1. The predicted octanol–water partition coefficient (Wildman–Crippen LogP) is 3.54. The molecule has 0 atom stereocenters. The first-order valence-electron chi connectivity index (χ1n) is 9.06. The number of rotatable bonds is 5. The number of H-pyrrole nitrogens is 1. The van der Waals surface area contributed by atoms with E-state index in [0.717, 1.165) is 22.8 Å². The molecule has 0 aliphatic heterocycles. The normalized spacial score (nSPS) is 10.7. The van der Waals surface area contributed by atoms with E-state index in [9.17, 15) is 4.79 Å². The third kappa shape index (κ3) is 3.47. The van der Waals surface area contributed by atoms with Crippen LogP contribution in [-0.2, 0) is 0 Å². The molecule has 4 rings (SSSR count). The van der Waals surface area contributed by atoms with Gasteiger partial charge in [0.15, 0.2) is 5.82 Å². The Morgan fingerprint density at radius 3 is 2.69 bits per heavy atom. The maximum atomic E-state index is 12.8. The fraction of sp³-hybridized carbons (Fsp3) is 0.143. The zero-order valence-corrected chi connectivity index (χ0v) is 16.3. The van der Waals surface area contributed by atoms with E-state index in [1.807, 2.05) is 66.9 Å². The van der Waals surface area contributed by atoms with Gasteiger partial charge in [0.2, 0.25) is 5.95 Å². The second-order valence-electron chi connectivity index (χ2n) is 6.47. The van der Waals surface area contributed by atoms with Crippen molar-refractivity contribution in [3.8, 4) is 23.0 Å². The van der Waals surface area contributed by atoms with Gasteiger partial charge in [-0.25, -0.2) is 4.98 Å². The fourth-order valence-electron chi connectivity index (χ4n) is 3.28. The summed E-state index contributed by atoms with van der Waals surface area (Å²) in [5.74, 6) is 1.85. The number of aromatic amines is 1. The standard InChI is InChI=1S/C21H20N6O2/c1-13-12-16(14(2)27(13)18-10-6-7-11-22-18)20(28)24-21-23-19(25-26-21)15-8-4-5-9-17(15)29-3/h4-12H,1-3H3,(H2,23,24,25,26,28). The van der Waals surface area contributed by atoms with Gasteiger partial charge in [0, 0.05) is 17.6 Å². The Balaban J connectivity index is 1.59. The Labute approximate surface area is 167 Å². The Bertz CT molecular complexity index is 1160. The first-order valence-corrected chi connectivity index (χ1v) is 9.06. The number of anilines is 1. The third-order valence-electron chi connectivity index (χ3n) is 4.63. The molecule has 4 aromatic rings. The first kappa shape index (κ1) is 18.4. The van der Waals surface area contributed by atoms with Gasteiger partial charge in [-0.05, 0) is 44.2 Å². The number of nitrogens with zero attached hydrogens (tertiary/aromatic N) is 4. The van der Waals surface area contributed by atoms with Crippen molar-refractivity contribution in [2.24, 2.45) is 0 Å². The summed E-state index contributed by atoms with van der Waals surface area (Å²) in [7, 11) is 1.59. The highest BCUT2D eigenvalue weighted by Crippen LogP contribution is 2.27. The van der Waals surface area contributed by atoms with E-state index in [4.69, 9.17) is 4.74 Å². The van der Waals surface area contributed by atoms with Crippen LogP contribution >= 0.6 is 0 Å². The van der Waals surface area contributed by atoms with Gasteiger partial charge in [-0.1, -0.05) is 18.2 Å². The van der Waals surface area contributed by atoms with Gasteiger partial charge in [-0.2, -0.15) is 4.98 Å². The molecule has 146 valence electrons. The zero-order chi connectivity index (χ0) is 20.4. The van der Waals surface area contributed by atoms with Crippen molar-refractivity contribution in [3.05, 3.63) is 71.7 Å². The number of nitrogens with one attached hydrogen (secondary N) is 2. The summed E-state index contributed by atoms with van der Waals surface area (Å²) in [6, 6.07) is 14.9. The number of aromatic nitrogens is 5. The van der Waals surface area contributed by atoms with Crippen molar-refractivity contribution in [1.29, 1.82) is 0 Å². The van der Waals surface area contributed by atoms with Gasteiger partial charge in [-0.3, -0.25) is 15.2 Å². The summed E-state index contributed by atoms with van der Waals surface area (Å²) >= 11 is 0. The topological polar surface area (TPSA) is 97.7 Å². The van der Waals surface area contributed by atoms with Crippen molar-refractivity contribution < 1.29 is 9.53 Å². The molecule has 3 heterocycles. The molecule has 29 heavy (non-hydrogen) atoms. The first-order chi connectivity index (χ1) is 14.1. The largest absolute Gasteiger partial charge is 0.496 e. The summed E-state index contributed by atoms with van der Waals surface area (Å²) in [4.78, 5) is 21.6. The molecule has 0 spiro atoms. The van der Waals surface area contributed by atoms with Crippen LogP contribution < -0.4 is 10.1 Å². The molecule has 0 radical (unpaired) electrons. The molecule has 3 aromatic heterocycles. The van der Waals surface area contributed by atoms with Crippen molar-refractivity contribution in [2.45, 2.75) is 13.8 Å². The van der Waals surface area contributed by atoms with Crippen LogP contribution in [0.25, 0.3) is 17.2 Å². The maximum absolute atomic E-state index is 12.8. The number of methoxy groups -OCH3 is 1.